The van der Waals surface area contributed by atoms with E-state index in [9.17, 15) is 4.39 Å². The average molecular weight is 393 g/mol. The fourth-order valence-corrected chi connectivity index (χ4v) is 3.72. The normalized spacial score (nSPS) is 13.3. The van der Waals surface area contributed by atoms with E-state index < -0.39 is 0 Å². The summed E-state index contributed by atoms with van der Waals surface area (Å²) in [7, 11) is 0. The SMILES string of the molecule is Nn1c(SCc2cc(F)cc3c2OCOC3)nnc1-c1cccc(Cl)c1. The van der Waals surface area contributed by atoms with Crippen LogP contribution in [0, 0.1) is 5.82 Å². The van der Waals surface area contributed by atoms with E-state index in [0.717, 1.165) is 11.1 Å². The molecule has 0 atom stereocenters. The van der Waals surface area contributed by atoms with Crippen LogP contribution in [-0.4, -0.2) is 21.7 Å². The zero-order chi connectivity index (χ0) is 18.1. The topological polar surface area (TPSA) is 75.2 Å². The first-order chi connectivity index (χ1) is 12.6. The molecule has 9 heteroatoms. The standard InChI is InChI=1S/C17H14ClFN4O2S/c18-13-3-1-2-10(4-13)16-21-22-17(23(16)20)26-8-12-6-14(19)5-11-7-24-9-25-15(11)12/h1-6H,7-9,20H2. The van der Waals surface area contributed by atoms with Crippen LogP contribution in [0.2, 0.25) is 5.02 Å². The molecule has 0 aliphatic carbocycles. The van der Waals surface area contributed by atoms with E-state index in [0.29, 0.717) is 39.7 Å². The number of nitrogens with zero attached hydrogens (tertiary/aromatic N) is 3. The summed E-state index contributed by atoms with van der Waals surface area (Å²) >= 11 is 7.36. The Bertz CT molecular complexity index is 966. The van der Waals surface area contributed by atoms with Crippen molar-refractivity contribution in [2.45, 2.75) is 17.5 Å². The highest BCUT2D eigenvalue weighted by molar-refractivity contribution is 7.98. The van der Waals surface area contributed by atoms with Gasteiger partial charge in [-0.25, -0.2) is 9.07 Å². The fraction of sp³-hybridized carbons (Fsp3) is 0.176. The zero-order valence-corrected chi connectivity index (χ0v) is 15.1. The highest BCUT2D eigenvalue weighted by Crippen LogP contribution is 2.34. The number of benzene rings is 2. The second-order valence-corrected chi connectivity index (χ2v) is 7.02. The number of aromatic nitrogens is 3. The van der Waals surface area contributed by atoms with Crippen LogP contribution in [-0.2, 0) is 17.1 Å². The molecule has 3 aromatic rings. The monoisotopic (exact) mass is 392 g/mol. The van der Waals surface area contributed by atoms with Gasteiger partial charge in [0.1, 0.15) is 11.6 Å². The molecule has 26 heavy (non-hydrogen) atoms. The van der Waals surface area contributed by atoms with E-state index >= 15 is 0 Å². The lowest BCUT2D eigenvalue weighted by Crippen LogP contribution is -2.14. The molecule has 0 saturated carbocycles. The first kappa shape index (κ1) is 17.1. The molecule has 6 nitrogen and oxygen atoms in total. The maximum absolute atomic E-state index is 13.8. The lowest BCUT2D eigenvalue weighted by molar-refractivity contribution is -0.0171. The number of nitrogen functional groups attached to an aromatic ring is 1. The smallest absolute Gasteiger partial charge is 0.210 e. The van der Waals surface area contributed by atoms with Crippen LogP contribution in [0.3, 0.4) is 0 Å². The summed E-state index contributed by atoms with van der Waals surface area (Å²) in [4.78, 5) is 0. The molecule has 0 fully saturated rings. The molecule has 134 valence electrons. The van der Waals surface area contributed by atoms with Crippen LogP contribution in [0.15, 0.2) is 41.6 Å². The Kier molecular flexibility index (Phi) is 4.71. The molecule has 0 spiro atoms. The molecule has 0 radical (unpaired) electrons. The third kappa shape index (κ3) is 3.35. The van der Waals surface area contributed by atoms with Crippen molar-refractivity contribution >= 4 is 23.4 Å². The summed E-state index contributed by atoms with van der Waals surface area (Å²) < 4.78 is 25.9. The van der Waals surface area contributed by atoms with Crippen molar-refractivity contribution in [3.63, 3.8) is 0 Å². The minimum Gasteiger partial charge on any atom is -0.467 e. The molecule has 0 amide bonds. The largest absolute Gasteiger partial charge is 0.467 e. The van der Waals surface area contributed by atoms with Gasteiger partial charge < -0.3 is 15.3 Å². The second kappa shape index (κ2) is 7.14. The Hall–Kier alpha value is -2.29. The summed E-state index contributed by atoms with van der Waals surface area (Å²) in [6.07, 6.45) is 0. The number of thioether (sulfide) groups is 1. The molecular weight excluding hydrogens is 379 g/mol. The van der Waals surface area contributed by atoms with Crippen LogP contribution in [0.4, 0.5) is 4.39 Å². The van der Waals surface area contributed by atoms with E-state index in [4.69, 9.17) is 26.9 Å². The van der Waals surface area contributed by atoms with Gasteiger partial charge in [-0.2, -0.15) is 0 Å². The van der Waals surface area contributed by atoms with Crippen LogP contribution in [0.5, 0.6) is 5.75 Å². The van der Waals surface area contributed by atoms with Crippen molar-refractivity contribution in [3.05, 3.63) is 58.4 Å². The molecule has 0 unspecified atom stereocenters. The summed E-state index contributed by atoms with van der Waals surface area (Å²) in [6.45, 7) is 0.485. The molecule has 1 aliphatic heterocycles. The predicted molar refractivity (Wildman–Crippen MR) is 96.9 cm³/mol. The maximum atomic E-state index is 13.8. The molecule has 0 saturated heterocycles. The van der Waals surface area contributed by atoms with E-state index in [1.54, 1.807) is 12.1 Å². The number of nitrogens with two attached hydrogens (primary N) is 1. The zero-order valence-electron chi connectivity index (χ0n) is 13.5. The third-order valence-electron chi connectivity index (χ3n) is 3.86. The van der Waals surface area contributed by atoms with E-state index in [2.05, 4.69) is 10.2 Å². The van der Waals surface area contributed by atoms with Crippen molar-refractivity contribution in [2.24, 2.45) is 0 Å². The lowest BCUT2D eigenvalue weighted by atomic mass is 10.1. The van der Waals surface area contributed by atoms with Gasteiger partial charge in [0, 0.05) is 27.5 Å². The highest BCUT2D eigenvalue weighted by Gasteiger charge is 2.19. The molecule has 2 N–H and O–H groups in total. The van der Waals surface area contributed by atoms with Crippen molar-refractivity contribution in [1.82, 2.24) is 14.9 Å². The first-order valence-corrected chi connectivity index (χ1v) is 9.09. The van der Waals surface area contributed by atoms with Gasteiger partial charge in [0.15, 0.2) is 12.6 Å². The summed E-state index contributed by atoms with van der Waals surface area (Å²) in [5, 5.41) is 9.34. The van der Waals surface area contributed by atoms with Crippen molar-refractivity contribution in [2.75, 3.05) is 12.6 Å². The Balaban J connectivity index is 1.57. The molecule has 1 aromatic heterocycles. The van der Waals surface area contributed by atoms with Gasteiger partial charge in [-0.1, -0.05) is 35.5 Å². The summed E-state index contributed by atoms with van der Waals surface area (Å²) in [5.41, 5.74) is 2.18. The maximum Gasteiger partial charge on any atom is 0.210 e. The van der Waals surface area contributed by atoms with Gasteiger partial charge >= 0.3 is 0 Å². The summed E-state index contributed by atoms with van der Waals surface area (Å²) in [5.74, 6) is 7.38. The molecule has 2 heterocycles. The van der Waals surface area contributed by atoms with E-state index in [1.807, 2.05) is 12.1 Å². The highest BCUT2D eigenvalue weighted by atomic mass is 35.5. The molecular formula is C17H14ClFN4O2S. The van der Waals surface area contributed by atoms with Gasteiger partial charge in [0.05, 0.1) is 6.61 Å². The third-order valence-corrected chi connectivity index (χ3v) is 5.08. The number of hydrogen-bond donors (Lipinski definition) is 1. The summed E-state index contributed by atoms with van der Waals surface area (Å²) in [6, 6.07) is 10.1. The van der Waals surface area contributed by atoms with Gasteiger partial charge in [-0.05, 0) is 24.3 Å². The number of fused-ring (bicyclic) bond motifs is 1. The number of halogens is 2. The van der Waals surface area contributed by atoms with Gasteiger partial charge in [0.2, 0.25) is 5.16 Å². The van der Waals surface area contributed by atoms with E-state index in [1.165, 1.54) is 28.6 Å². The van der Waals surface area contributed by atoms with Crippen LogP contribution in [0.25, 0.3) is 11.4 Å². The quantitative estimate of drug-likeness (QED) is 0.540. The Morgan fingerprint density at radius 1 is 1.27 bits per heavy atom. The molecule has 4 rings (SSSR count). The van der Waals surface area contributed by atoms with Crippen LogP contribution >= 0.6 is 23.4 Å². The average Bonchev–Trinajstić information content (AvgIpc) is 3.00. The molecule has 1 aliphatic rings. The van der Waals surface area contributed by atoms with Crippen molar-refractivity contribution in [1.29, 1.82) is 0 Å². The lowest BCUT2D eigenvalue weighted by Gasteiger charge is -2.20. The van der Waals surface area contributed by atoms with Crippen LogP contribution in [0.1, 0.15) is 11.1 Å². The van der Waals surface area contributed by atoms with Crippen LogP contribution < -0.4 is 10.6 Å². The van der Waals surface area contributed by atoms with Gasteiger partial charge in [0.25, 0.3) is 0 Å². The first-order valence-electron chi connectivity index (χ1n) is 7.73. The Labute approximate surface area is 158 Å². The minimum absolute atomic E-state index is 0.155. The second-order valence-electron chi connectivity index (χ2n) is 5.64. The molecule has 2 aromatic carbocycles. The van der Waals surface area contributed by atoms with Crippen molar-refractivity contribution in [3.8, 4) is 17.1 Å². The predicted octanol–water partition coefficient (Wildman–Crippen LogP) is 3.61. The fourth-order valence-electron chi connectivity index (χ4n) is 2.71. The Morgan fingerprint density at radius 2 is 2.15 bits per heavy atom. The molecule has 0 bridgehead atoms. The minimum atomic E-state index is -0.331. The number of ether oxygens (including phenoxy) is 2. The van der Waals surface area contributed by atoms with Gasteiger partial charge in [-0.3, -0.25) is 0 Å². The number of hydrogen-bond acceptors (Lipinski definition) is 6. The Morgan fingerprint density at radius 3 is 3.00 bits per heavy atom. The van der Waals surface area contributed by atoms with Crippen molar-refractivity contribution < 1.29 is 13.9 Å². The number of rotatable bonds is 4. The van der Waals surface area contributed by atoms with E-state index in [-0.39, 0.29) is 12.6 Å². The van der Waals surface area contributed by atoms with Gasteiger partial charge in [-0.15, -0.1) is 10.2 Å².